The summed E-state index contributed by atoms with van der Waals surface area (Å²) in [4.78, 5) is 17.8. The Morgan fingerprint density at radius 2 is 1.77 bits per heavy atom. The van der Waals surface area contributed by atoms with Crippen LogP contribution in [0.1, 0.15) is 5.56 Å². The van der Waals surface area contributed by atoms with E-state index in [0.717, 1.165) is 10.1 Å². The first kappa shape index (κ1) is 19.4. The van der Waals surface area contributed by atoms with Gasteiger partial charge in [0.15, 0.2) is 5.76 Å². The second-order valence-corrected chi connectivity index (χ2v) is 7.68. The zero-order valence-electron chi connectivity index (χ0n) is 15.8. The largest absolute Gasteiger partial charge is 0.507 e. The number of hydrogen-bond acceptors (Lipinski definition) is 5. The fourth-order valence-corrected chi connectivity index (χ4v) is 3.62. The molecule has 5 rings (SSSR count). The van der Waals surface area contributed by atoms with Gasteiger partial charge in [-0.15, -0.1) is 0 Å². The van der Waals surface area contributed by atoms with E-state index in [9.17, 15) is 9.90 Å². The lowest BCUT2D eigenvalue weighted by Crippen LogP contribution is -2.20. The molecule has 0 aliphatic rings. The van der Waals surface area contributed by atoms with Crippen LogP contribution in [0.3, 0.4) is 0 Å². The molecule has 0 radical (unpaired) electrons. The average Bonchev–Trinajstić information content (AvgIpc) is 3.18. The van der Waals surface area contributed by atoms with Crippen molar-refractivity contribution in [1.82, 2.24) is 9.66 Å². The predicted octanol–water partition coefficient (Wildman–Crippen LogP) is 5.70. The normalized spacial score (nSPS) is 11.7. The zero-order valence-corrected chi connectivity index (χ0v) is 17.3. The van der Waals surface area contributed by atoms with Crippen molar-refractivity contribution < 1.29 is 9.52 Å². The molecule has 0 spiro atoms. The molecule has 1 N–H and O–H groups in total. The SMILES string of the molecule is O=c1c2ccccc2nc(-c2cc3cc(Cl)ccc3o2)n1N=Cc1cc(Cl)ccc1O. The predicted molar refractivity (Wildman–Crippen MR) is 122 cm³/mol. The number of hydrogen-bond donors (Lipinski definition) is 1. The summed E-state index contributed by atoms with van der Waals surface area (Å²) < 4.78 is 7.06. The van der Waals surface area contributed by atoms with Gasteiger partial charge in [0.05, 0.1) is 17.1 Å². The number of furan rings is 1. The number of benzene rings is 3. The summed E-state index contributed by atoms with van der Waals surface area (Å²) >= 11 is 12.1. The van der Waals surface area contributed by atoms with Crippen molar-refractivity contribution >= 4 is 51.3 Å². The molecule has 0 saturated heterocycles. The highest BCUT2D eigenvalue weighted by Crippen LogP contribution is 2.29. The molecule has 152 valence electrons. The highest BCUT2D eigenvalue weighted by Gasteiger charge is 2.16. The molecule has 0 amide bonds. The van der Waals surface area contributed by atoms with Crippen molar-refractivity contribution in [2.45, 2.75) is 0 Å². The van der Waals surface area contributed by atoms with E-state index in [1.54, 1.807) is 60.7 Å². The number of phenolic OH excluding ortho intramolecular Hbond substituents is 1. The molecule has 2 aromatic heterocycles. The Morgan fingerprint density at radius 3 is 2.65 bits per heavy atom. The third-order valence-electron chi connectivity index (χ3n) is 4.75. The summed E-state index contributed by atoms with van der Waals surface area (Å²) in [5.41, 5.74) is 1.09. The Hall–Kier alpha value is -3.61. The lowest BCUT2D eigenvalue weighted by Gasteiger charge is -2.07. The summed E-state index contributed by atoms with van der Waals surface area (Å²) in [6, 6.07) is 18.5. The smallest absolute Gasteiger partial charge is 0.282 e. The molecule has 31 heavy (non-hydrogen) atoms. The van der Waals surface area contributed by atoms with Crippen molar-refractivity contribution in [3.63, 3.8) is 0 Å². The number of nitrogens with zero attached hydrogens (tertiary/aromatic N) is 3. The van der Waals surface area contributed by atoms with Crippen LogP contribution in [0.5, 0.6) is 5.75 Å². The van der Waals surface area contributed by atoms with Crippen LogP contribution in [0.15, 0.2) is 81.0 Å². The van der Waals surface area contributed by atoms with E-state index in [-0.39, 0.29) is 17.1 Å². The second-order valence-electron chi connectivity index (χ2n) is 6.81. The number of halogens is 2. The number of aromatic nitrogens is 2. The standard InChI is InChI=1S/C23H13Cl2N3O3/c24-15-5-7-19(29)14(10-15)12-26-28-22(27-18-4-2-1-3-17(18)23(28)30)21-11-13-9-16(25)6-8-20(13)31-21/h1-12,29H. The van der Waals surface area contributed by atoms with Gasteiger partial charge >= 0.3 is 0 Å². The topological polar surface area (TPSA) is 80.6 Å². The Bertz CT molecular complexity index is 1550. The molecule has 0 aliphatic carbocycles. The molecule has 0 aliphatic heterocycles. The maximum absolute atomic E-state index is 13.2. The Kier molecular flexibility index (Phi) is 4.73. The summed E-state index contributed by atoms with van der Waals surface area (Å²) in [5.74, 6) is 0.552. The molecular weight excluding hydrogens is 437 g/mol. The average molecular weight is 450 g/mol. The van der Waals surface area contributed by atoms with Gasteiger partial charge in [-0.1, -0.05) is 35.3 Å². The van der Waals surface area contributed by atoms with Gasteiger partial charge in [-0.25, -0.2) is 4.98 Å². The van der Waals surface area contributed by atoms with E-state index in [1.807, 2.05) is 0 Å². The van der Waals surface area contributed by atoms with Crippen molar-refractivity contribution in [1.29, 1.82) is 0 Å². The lowest BCUT2D eigenvalue weighted by molar-refractivity contribution is 0.474. The molecule has 3 aromatic carbocycles. The van der Waals surface area contributed by atoms with Crippen LogP contribution in [-0.2, 0) is 0 Å². The van der Waals surface area contributed by atoms with E-state index in [2.05, 4.69) is 10.1 Å². The van der Waals surface area contributed by atoms with Crippen molar-refractivity contribution in [3.05, 3.63) is 92.7 Å². The molecule has 6 nitrogen and oxygen atoms in total. The molecule has 5 aromatic rings. The molecule has 8 heteroatoms. The summed E-state index contributed by atoms with van der Waals surface area (Å²) in [6.45, 7) is 0. The van der Waals surface area contributed by atoms with Crippen LogP contribution in [0, 0.1) is 0 Å². The van der Waals surface area contributed by atoms with Gasteiger partial charge < -0.3 is 9.52 Å². The van der Waals surface area contributed by atoms with Gasteiger partial charge in [0.1, 0.15) is 11.3 Å². The van der Waals surface area contributed by atoms with Gasteiger partial charge in [0.2, 0.25) is 5.82 Å². The molecule has 0 atom stereocenters. The van der Waals surface area contributed by atoms with Crippen molar-refractivity contribution in [2.75, 3.05) is 0 Å². The molecular formula is C23H13Cl2N3O3. The van der Waals surface area contributed by atoms with Crippen LogP contribution >= 0.6 is 23.2 Å². The Balaban J connectivity index is 1.75. The van der Waals surface area contributed by atoms with E-state index < -0.39 is 0 Å². The van der Waals surface area contributed by atoms with Gasteiger partial charge in [-0.05, 0) is 54.6 Å². The summed E-state index contributed by atoms with van der Waals surface area (Å²) in [7, 11) is 0. The van der Waals surface area contributed by atoms with E-state index in [1.165, 1.54) is 12.3 Å². The first-order valence-corrected chi connectivity index (χ1v) is 9.99. The third kappa shape index (κ3) is 3.56. The van der Waals surface area contributed by atoms with Crippen LogP contribution < -0.4 is 5.56 Å². The summed E-state index contributed by atoms with van der Waals surface area (Å²) in [5, 5.41) is 16.5. The van der Waals surface area contributed by atoms with Crippen LogP contribution in [0.25, 0.3) is 33.5 Å². The first-order valence-electron chi connectivity index (χ1n) is 9.24. The minimum atomic E-state index is -0.378. The molecule has 0 fully saturated rings. The maximum Gasteiger partial charge on any atom is 0.282 e. The minimum absolute atomic E-state index is 0.0186. The minimum Gasteiger partial charge on any atom is -0.507 e. The highest BCUT2D eigenvalue weighted by atomic mass is 35.5. The van der Waals surface area contributed by atoms with E-state index >= 15 is 0 Å². The Morgan fingerprint density at radius 1 is 1.00 bits per heavy atom. The highest BCUT2D eigenvalue weighted by molar-refractivity contribution is 6.31. The number of aromatic hydroxyl groups is 1. The quantitative estimate of drug-likeness (QED) is 0.358. The van der Waals surface area contributed by atoms with Gasteiger partial charge in [0, 0.05) is 21.0 Å². The van der Waals surface area contributed by atoms with E-state index in [0.29, 0.717) is 37.9 Å². The second kappa shape index (κ2) is 7.58. The first-order chi connectivity index (χ1) is 15.0. The fourth-order valence-electron chi connectivity index (χ4n) is 3.26. The molecule has 0 unspecified atom stereocenters. The van der Waals surface area contributed by atoms with Crippen LogP contribution in [0.4, 0.5) is 0 Å². The monoisotopic (exact) mass is 449 g/mol. The number of phenols is 1. The van der Waals surface area contributed by atoms with Crippen molar-refractivity contribution in [3.8, 4) is 17.3 Å². The lowest BCUT2D eigenvalue weighted by atomic mass is 10.2. The van der Waals surface area contributed by atoms with Gasteiger partial charge in [-0.2, -0.15) is 9.78 Å². The fraction of sp³-hybridized carbons (Fsp3) is 0. The Labute approximate surface area is 185 Å². The zero-order chi connectivity index (χ0) is 21.5. The molecule has 2 heterocycles. The number of rotatable bonds is 3. The van der Waals surface area contributed by atoms with Gasteiger partial charge in [-0.3, -0.25) is 4.79 Å². The number of fused-ring (bicyclic) bond motifs is 2. The van der Waals surface area contributed by atoms with Gasteiger partial charge in [0.25, 0.3) is 5.56 Å². The van der Waals surface area contributed by atoms with Crippen LogP contribution in [0.2, 0.25) is 10.0 Å². The van der Waals surface area contributed by atoms with Crippen LogP contribution in [-0.4, -0.2) is 21.0 Å². The number of para-hydroxylation sites is 1. The third-order valence-corrected chi connectivity index (χ3v) is 5.22. The summed E-state index contributed by atoms with van der Waals surface area (Å²) in [6.07, 6.45) is 1.35. The maximum atomic E-state index is 13.2. The molecule has 0 bridgehead atoms. The van der Waals surface area contributed by atoms with E-state index in [4.69, 9.17) is 27.6 Å². The molecule has 0 saturated carbocycles. The van der Waals surface area contributed by atoms with Crippen molar-refractivity contribution in [2.24, 2.45) is 5.10 Å².